The summed E-state index contributed by atoms with van der Waals surface area (Å²) in [5, 5.41) is 3.35. The van der Waals surface area contributed by atoms with Crippen LogP contribution in [0.3, 0.4) is 0 Å². The van der Waals surface area contributed by atoms with Gasteiger partial charge in [0.1, 0.15) is 11.6 Å². The zero-order valence-corrected chi connectivity index (χ0v) is 19.5. The summed E-state index contributed by atoms with van der Waals surface area (Å²) in [7, 11) is 0. The number of primary amides is 1. The molecule has 0 fully saturated rings. The molecule has 0 unspecified atom stereocenters. The molecule has 3 aromatic carbocycles. The van der Waals surface area contributed by atoms with Crippen LogP contribution in [-0.4, -0.2) is 23.3 Å². The predicted octanol–water partition coefficient (Wildman–Crippen LogP) is 5.50. The third-order valence-corrected chi connectivity index (χ3v) is 5.29. The number of hydrogen-bond acceptors (Lipinski definition) is 2. The van der Waals surface area contributed by atoms with Gasteiger partial charge >= 0.3 is 0 Å². The number of halogens is 3. The zero-order valence-electron chi connectivity index (χ0n) is 18.7. The summed E-state index contributed by atoms with van der Waals surface area (Å²) < 4.78 is 29.0. The smallest absolute Gasteiger partial charge is 0.253 e. The Hall–Kier alpha value is -3.97. The number of carbonyl (C=O) groups is 2. The van der Waals surface area contributed by atoms with E-state index in [0.717, 1.165) is 22.7 Å². The van der Waals surface area contributed by atoms with E-state index in [1.54, 1.807) is 0 Å². The van der Waals surface area contributed by atoms with Crippen LogP contribution in [-0.2, 0) is 11.2 Å². The fraction of sp³-hybridized carbons (Fsp3) is 0.111. The van der Waals surface area contributed by atoms with Crippen LogP contribution in [0.15, 0.2) is 85.1 Å². The minimum absolute atomic E-state index is 0.0313. The lowest BCUT2D eigenvalue weighted by atomic mass is 9.96. The van der Waals surface area contributed by atoms with Crippen LogP contribution in [0.4, 0.5) is 8.78 Å². The number of rotatable bonds is 7. The van der Waals surface area contributed by atoms with Crippen molar-refractivity contribution in [2.45, 2.75) is 12.8 Å². The molecular formula is C27H24ClF2N3O2. The third-order valence-electron chi connectivity index (χ3n) is 5.03. The van der Waals surface area contributed by atoms with Crippen LogP contribution in [0.5, 0.6) is 0 Å². The second-order valence-electron chi connectivity index (χ2n) is 7.58. The highest BCUT2D eigenvalue weighted by atomic mass is 35.5. The maximum Gasteiger partial charge on any atom is 0.253 e. The summed E-state index contributed by atoms with van der Waals surface area (Å²) in [6.07, 6.45) is 1.74. The van der Waals surface area contributed by atoms with Crippen molar-refractivity contribution < 1.29 is 18.4 Å². The Balaban J connectivity index is 0.000000420. The van der Waals surface area contributed by atoms with Crippen LogP contribution in [0, 0.1) is 11.6 Å². The number of aromatic amines is 1. The fourth-order valence-electron chi connectivity index (χ4n) is 3.42. The summed E-state index contributed by atoms with van der Waals surface area (Å²) in [4.78, 5) is 26.4. The number of amides is 2. The quantitative estimate of drug-likeness (QED) is 0.316. The van der Waals surface area contributed by atoms with Gasteiger partial charge in [0.05, 0.1) is 11.1 Å². The first kappa shape index (κ1) is 25.6. The normalized spacial score (nSPS) is 10.3. The molecule has 0 aliphatic heterocycles. The van der Waals surface area contributed by atoms with Crippen LogP contribution in [0.1, 0.15) is 28.0 Å². The SMILES string of the molecule is Clc1ccccc1.NC(=O)CCNC(=O)c1c[nH]c(Cc2ccccc2)c1-c1c(F)cccc1F. The second-order valence-corrected chi connectivity index (χ2v) is 8.02. The lowest BCUT2D eigenvalue weighted by Crippen LogP contribution is -2.28. The van der Waals surface area contributed by atoms with Crippen molar-refractivity contribution in [2.75, 3.05) is 6.54 Å². The Morgan fingerprint density at radius 2 is 1.46 bits per heavy atom. The molecule has 180 valence electrons. The van der Waals surface area contributed by atoms with E-state index in [9.17, 15) is 18.4 Å². The Morgan fingerprint density at radius 1 is 0.857 bits per heavy atom. The number of nitrogens with two attached hydrogens (primary N) is 1. The standard InChI is InChI=1S/C21H19F2N3O2.C6H5Cl/c22-15-7-4-8-16(23)20(15)19-14(21(28)25-10-9-18(24)27)12-26-17(19)11-13-5-2-1-3-6-13;7-6-4-2-1-3-5-6/h1-8,12,26H,9-11H2,(H2,24,27)(H,25,28);1-5H. The molecule has 0 saturated heterocycles. The number of hydrogen-bond donors (Lipinski definition) is 3. The molecule has 1 aromatic heterocycles. The minimum atomic E-state index is -0.764. The van der Waals surface area contributed by atoms with Crippen molar-refractivity contribution in [2.24, 2.45) is 5.73 Å². The largest absolute Gasteiger partial charge is 0.370 e. The molecule has 0 aliphatic rings. The van der Waals surface area contributed by atoms with Gasteiger partial charge in [-0.15, -0.1) is 0 Å². The van der Waals surface area contributed by atoms with Crippen LogP contribution >= 0.6 is 11.6 Å². The highest BCUT2D eigenvalue weighted by Gasteiger charge is 2.24. The maximum atomic E-state index is 14.5. The molecule has 5 nitrogen and oxygen atoms in total. The molecule has 0 spiro atoms. The minimum Gasteiger partial charge on any atom is -0.370 e. The van der Waals surface area contributed by atoms with Crippen molar-refractivity contribution in [3.05, 3.63) is 119 Å². The summed E-state index contributed by atoms with van der Waals surface area (Å²) in [5.74, 6) is -2.63. The number of aromatic nitrogens is 1. The molecule has 1 heterocycles. The van der Waals surface area contributed by atoms with Crippen LogP contribution < -0.4 is 11.1 Å². The monoisotopic (exact) mass is 495 g/mol. The van der Waals surface area contributed by atoms with Gasteiger partial charge in [0, 0.05) is 41.9 Å². The number of benzene rings is 3. The molecule has 0 radical (unpaired) electrons. The van der Waals surface area contributed by atoms with Gasteiger partial charge < -0.3 is 16.0 Å². The zero-order chi connectivity index (χ0) is 25.2. The number of H-pyrrole nitrogens is 1. The van der Waals surface area contributed by atoms with Crippen molar-refractivity contribution in [3.63, 3.8) is 0 Å². The highest BCUT2D eigenvalue weighted by Crippen LogP contribution is 2.33. The first-order valence-corrected chi connectivity index (χ1v) is 11.2. The second kappa shape index (κ2) is 12.5. The molecule has 2 amide bonds. The first-order valence-electron chi connectivity index (χ1n) is 10.8. The van der Waals surface area contributed by atoms with E-state index in [4.69, 9.17) is 17.3 Å². The van der Waals surface area contributed by atoms with Crippen molar-refractivity contribution in [3.8, 4) is 11.1 Å². The average Bonchev–Trinajstić information content (AvgIpc) is 3.23. The lowest BCUT2D eigenvalue weighted by molar-refractivity contribution is -0.117. The maximum absolute atomic E-state index is 14.5. The Bertz CT molecular complexity index is 1260. The Labute approximate surface area is 206 Å². The van der Waals surface area contributed by atoms with Gasteiger partial charge in [0.25, 0.3) is 5.91 Å². The van der Waals surface area contributed by atoms with Crippen LogP contribution in [0.25, 0.3) is 11.1 Å². The molecule has 0 aliphatic carbocycles. The fourth-order valence-corrected chi connectivity index (χ4v) is 3.56. The van der Waals surface area contributed by atoms with Crippen molar-refractivity contribution in [1.29, 1.82) is 0 Å². The highest BCUT2D eigenvalue weighted by molar-refractivity contribution is 6.30. The lowest BCUT2D eigenvalue weighted by Gasteiger charge is -2.11. The summed E-state index contributed by atoms with van der Waals surface area (Å²) in [6.45, 7) is 0.0343. The van der Waals surface area contributed by atoms with E-state index < -0.39 is 23.4 Å². The van der Waals surface area contributed by atoms with Gasteiger partial charge in [0.2, 0.25) is 5.91 Å². The topological polar surface area (TPSA) is 88.0 Å². The van der Waals surface area contributed by atoms with Gasteiger partial charge in [-0.2, -0.15) is 0 Å². The van der Waals surface area contributed by atoms with E-state index in [1.165, 1.54) is 12.3 Å². The van der Waals surface area contributed by atoms with Crippen molar-refractivity contribution >= 4 is 23.4 Å². The number of nitrogens with one attached hydrogen (secondary N) is 2. The van der Waals surface area contributed by atoms with Crippen molar-refractivity contribution in [1.82, 2.24) is 10.3 Å². The van der Waals surface area contributed by atoms with E-state index >= 15 is 0 Å². The van der Waals surface area contributed by atoms with E-state index in [1.807, 2.05) is 60.7 Å². The van der Waals surface area contributed by atoms with E-state index in [2.05, 4.69) is 10.3 Å². The summed E-state index contributed by atoms with van der Waals surface area (Å²) >= 11 is 5.54. The molecule has 8 heteroatoms. The average molecular weight is 496 g/mol. The van der Waals surface area contributed by atoms with E-state index in [0.29, 0.717) is 12.1 Å². The number of carbonyl (C=O) groups excluding carboxylic acids is 2. The Kier molecular flexibility index (Phi) is 9.15. The predicted molar refractivity (Wildman–Crippen MR) is 133 cm³/mol. The van der Waals surface area contributed by atoms with Gasteiger partial charge in [-0.1, -0.05) is 66.2 Å². The van der Waals surface area contributed by atoms with E-state index in [-0.39, 0.29) is 29.7 Å². The molecule has 0 bridgehead atoms. The molecule has 4 aromatic rings. The summed E-state index contributed by atoms with van der Waals surface area (Å²) in [5.41, 5.74) is 6.49. The Morgan fingerprint density at radius 3 is 2.00 bits per heavy atom. The van der Waals surface area contributed by atoms with Crippen LogP contribution in [0.2, 0.25) is 5.02 Å². The first-order chi connectivity index (χ1) is 16.9. The molecule has 4 N–H and O–H groups in total. The molecule has 0 atom stereocenters. The van der Waals surface area contributed by atoms with Gasteiger partial charge in [-0.05, 0) is 29.8 Å². The van der Waals surface area contributed by atoms with Gasteiger partial charge in [0.15, 0.2) is 0 Å². The molecular weight excluding hydrogens is 472 g/mol. The summed E-state index contributed by atoms with van der Waals surface area (Å²) in [6, 6.07) is 22.4. The third kappa shape index (κ3) is 7.25. The van der Waals surface area contributed by atoms with Gasteiger partial charge in [-0.25, -0.2) is 8.78 Å². The molecule has 0 saturated carbocycles. The molecule has 4 rings (SSSR count). The molecule has 35 heavy (non-hydrogen) atoms. The van der Waals surface area contributed by atoms with Gasteiger partial charge in [-0.3, -0.25) is 9.59 Å².